The van der Waals surface area contributed by atoms with E-state index in [1.807, 2.05) is 6.07 Å². The molecule has 0 aliphatic rings. The summed E-state index contributed by atoms with van der Waals surface area (Å²) in [7, 11) is 0. The van der Waals surface area contributed by atoms with Crippen LogP contribution in [0.5, 0.6) is 5.75 Å². The van der Waals surface area contributed by atoms with Crippen molar-refractivity contribution >= 4 is 5.97 Å². The smallest absolute Gasteiger partial charge is 0.310 e. The summed E-state index contributed by atoms with van der Waals surface area (Å²) >= 11 is 0. The fraction of sp³-hybridized carbons (Fsp3) is 0.143. The molecule has 0 bridgehead atoms. The van der Waals surface area contributed by atoms with Crippen molar-refractivity contribution in [2.45, 2.75) is 13.3 Å². The first-order valence-electron chi connectivity index (χ1n) is 5.76. The van der Waals surface area contributed by atoms with Crippen LogP contribution in [-0.4, -0.2) is 15.9 Å². The number of nitriles is 1. The zero-order valence-corrected chi connectivity index (χ0v) is 10.3. The summed E-state index contributed by atoms with van der Waals surface area (Å²) < 4.78 is 5.07. The summed E-state index contributed by atoms with van der Waals surface area (Å²) in [4.78, 5) is 19.3. The van der Waals surface area contributed by atoms with E-state index in [4.69, 9.17) is 10.00 Å². The van der Waals surface area contributed by atoms with Gasteiger partial charge in [-0.1, -0.05) is 6.92 Å². The molecule has 0 spiro atoms. The van der Waals surface area contributed by atoms with Crippen molar-refractivity contribution in [3.05, 3.63) is 42.2 Å². The van der Waals surface area contributed by atoms with Gasteiger partial charge in [-0.05, 0) is 24.3 Å². The molecular weight excluding hydrogens is 242 g/mol. The van der Waals surface area contributed by atoms with Crippen molar-refractivity contribution in [1.82, 2.24) is 9.97 Å². The molecule has 1 heterocycles. The molecule has 0 aliphatic heterocycles. The quantitative estimate of drug-likeness (QED) is 0.619. The molecule has 5 heteroatoms. The number of benzene rings is 1. The van der Waals surface area contributed by atoms with Gasteiger partial charge in [0.25, 0.3) is 0 Å². The van der Waals surface area contributed by atoms with Gasteiger partial charge in [0, 0.05) is 24.4 Å². The summed E-state index contributed by atoms with van der Waals surface area (Å²) in [6, 6.07) is 8.86. The predicted molar refractivity (Wildman–Crippen MR) is 68.1 cm³/mol. The minimum absolute atomic E-state index is 0.276. The van der Waals surface area contributed by atoms with Crippen LogP contribution in [-0.2, 0) is 4.79 Å². The van der Waals surface area contributed by atoms with E-state index in [0.29, 0.717) is 23.6 Å². The second-order valence-electron chi connectivity index (χ2n) is 3.76. The monoisotopic (exact) mass is 253 g/mol. The molecule has 94 valence electrons. The van der Waals surface area contributed by atoms with Crippen LogP contribution < -0.4 is 4.74 Å². The van der Waals surface area contributed by atoms with Crippen molar-refractivity contribution < 1.29 is 9.53 Å². The third-order valence-corrected chi connectivity index (χ3v) is 2.41. The van der Waals surface area contributed by atoms with E-state index in [9.17, 15) is 4.79 Å². The highest BCUT2D eigenvalue weighted by Crippen LogP contribution is 2.19. The maximum absolute atomic E-state index is 11.1. The average molecular weight is 253 g/mol. The Morgan fingerprint density at radius 2 is 1.89 bits per heavy atom. The SMILES string of the molecule is CCC(=O)Oc1ccc(-c2ncc(C#N)cn2)cc1. The first-order valence-corrected chi connectivity index (χ1v) is 5.76. The second kappa shape index (κ2) is 5.74. The zero-order chi connectivity index (χ0) is 13.7. The molecule has 0 N–H and O–H groups in total. The number of hydrogen-bond donors (Lipinski definition) is 0. The summed E-state index contributed by atoms with van der Waals surface area (Å²) in [5, 5.41) is 8.66. The molecule has 0 saturated heterocycles. The van der Waals surface area contributed by atoms with E-state index < -0.39 is 0 Å². The molecule has 1 aromatic carbocycles. The van der Waals surface area contributed by atoms with Crippen LogP contribution in [0.25, 0.3) is 11.4 Å². The molecule has 5 nitrogen and oxygen atoms in total. The van der Waals surface area contributed by atoms with Crippen molar-refractivity contribution in [3.63, 3.8) is 0 Å². The van der Waals surface area contributed by atoms with Gasteiger partial charge >= 0.3 is 5.97 Å². The van der Waals surface area contributed by atoms with Gasteiger partial charge in [0.2, 0.25) is 0 Å². The van der Waals surface area contributed by atoms with Gasteiger partial charge in [-0.2, -0.15) is 5.26 Å². The Kier molecular flexibility index (Phi) is 3.84. The summed E-state index contributed by atoms with van der Waals surface area (Å²) in [5.41, 5.74) is 1.21. The van der Waals surface area contributed by atoms with Crippen LogP contribution in [0.3, 0.4) is 0 Å². The lowest BCUT2D eigenvalue weighted by Gasteiger charge is -2.04. The Hall–Kier alpha value is -2.74. The molecule has 2 aromatic rings. The average Bonchev–Trinajstić information content (AvgIpc) is 2.48. The lowest BCUT2D eigenvalue weighted by atomic mass is 10.2. The van der Waals surface area contributed by atoms with E-state index in [0.717, 1.165) is 5.56 Å². The number of carbonyl (C=O) groups is 1. The molecule has 19 heavy (non-hydrogen) atoms. The van der Waals surface area contributed by atoms with Gasteiger partial charge < -0.3 is 4.74 Å². The molecule has 0 saturated carbocycles. The topological polar surface area (TPSA) is 75.9 Å². The van der Waals surface area contributed by atoms with Gasteiger partial charge in [-0.3, -0.25) is 4.79 Å². The van der Waals surface area contributed by atoms with E-state index in [-0.39, 0.29) is 5.97 Å². The van der Waals surface area contributed by atoms with Gasteiger partial charge in [-0.15, -0.1) is 0 Å². The molecule has 0 fully saturated rings. The molecular formula is C14H11N3O2. The third kappa shape index (κ3) is 3.13. The number of carbonyl (C=O) groups excluding carboxylic acids is 1. The molecule has 2 rings (SSSR count). The van der Waals surface area contributed by atoms with Gasteiger partial charge in [0.05, 0.1) is 5.56 Å². The van der Waals surface area contributed by atoms with Gasteiger partial charge in [0.1, 0.15) is 11.8 Å². The molecule has 0 atom stereocenters. The fourth-order valence-corrected chi connectivity index (χ4v) is 1.41. The number of hydrogen-bond acceptors (Lipinski definition) is 5. The Morgan fingerprint density at radius 3 is 2.42 bits per heavy atom. The summed E-state index contributed by atoms with van der Waals surface area (Å²) in [5.74, 6) is 0.735. The van der Waals surface area contributed by atoms with Crippen molar-refractivity contribution in [3.8, 4) is 23.2 Å². The number of nitrogens with zero attached hydrogens (tertiary/aromatic N) is 3. The first kappa shape index (κ1) is 12.7. The highest BCUT2D eigenvalue weighted by Gasteiger charge is 2.04. The van der Waals surface area contributed by atoms with Crippen LogP contribution in [0.1, 0.15) is 18.9 Å². The molecule has 1 aromatic heterocycles. The minimum Gasteiger partial charge on any atom is -0.427 e. The Labute approximate surface area is 110 Å². The van der Waals surface area contributed by atoms with E-state index in [1.54, 1.807) is 31.2 Å². The van der Waals surface area contributed by atoms with Crippen molar-refractivity contribution in [2.75, 3.05) is 0 Å². The molecule has 0 radical (unpaired) electrons. The number of ether oxygens (including phenoxy) is 1. The van der Waals surface area contributed by atoms with E-state index in [2.05, 4.69) is 9.97 Å². The minimum atomic E-state index is -0.276. The van der Waals surface area contributed by atoms with Crippen LogP contribution >= 0.6 is 0 Å². The fourth-order valence-electron chi connectivity index (χ4n) is 1.41. The Balaban J connectivity index is 2.17. The summed E-state index contributed by atoms with van der Waals surface area (Å²) in [6.07, 6.45) is 3.27. The number of esters is 1. The number of aromatic nitrogens is 2. The van der Waals surface area contributed by atoms with Crippen LogP contribution in [0.15, 0.2) is 36.7 Å². The Bertz CT molecular complexity index is 613. The number of rotatable bonds is 3. The Morgan fingerprint density at radius 1 is 1.26 bits per heavy atom. The van der Waals surface area contributed by atoms with Crippen LogP contribution in [0.2, 0.25) is 0 Å². The van der Waals surface area contributed by atoms with E-state index in [1.165, 1.54) is 12.4 Å². The van der Waals surface area contributed by atoms with Crippen LogP contribution in [0.4, 0.5) is 0 Å². The highest BCUT2D eigenvalue weighted by molar-refractivity contribution is 5.72. The lowest BCUT2D eigenvalue weighted by Crippen LogP contribution is -2.05. The van der Waals surface area contributed by atoms with Crippen molar-refractivity contribution in [2.24, 2.45) is 0 Å². The lowest BCUT2D eigenvalue weighted by molar-refractivity contribution is -0.134. The normalized spacial score (nSPS) is 9.68. The largest absolute Gasteiger partial charge is 0.427 e. The van der Waals surface area contributed by atoms with Crippen LogP contribution in [0, 0.1) is 11.3 Å². The third-order valence-electron chi connectivity index (χ3n) is 2.41. The van der Waals surface area contributed by atoms with Gasteiger partial charge in [0.15, 0.2) is 5.82 Å². The molecule has 0 aliphatic carbocycles. The maximum atomic E-state index is 11.1. The van der Waals surface area contributed by atoms with Gasteiger partial charge in [-0.25, -0.2) is 9.97 Å². The molecule has 0 amide bonds. The standard InChI is InChI=1S/C14H11N3O2/c1-2-13(18)19-12-5-3-11(4-6-12)14-16-8-10(7-15)9-17-14/h3-6,8-9H,2H2,1H3. The zero-order valence-electron chi connectivity index (χ0n) is 10.3. The van der Waals surface area contributed by atoms with Crippen molar-refractivity contribution in [1.29, 1.82) is 5.26 Å². The molecule has 0 unspecified atom stereocenters. The second-order valence-corrected chi connectivity index (χ2v) is 3.76. The first-order chi connectivity index (χ1) is 9.22. The van der Waals surface area contributed by atoms with E-state index >= 15 is 0 Å². The highest BCUT2D eigenvalue weighted by atomic mass is 16.5. The summed E-state index contributed by atoms with van der Waals surface area (Å²) in [6.45, 7) is 1.74. The predicted octanol–water partition coefficient (Wildman–Crippen LogP) is 2.33. The maximum Gasteiger partial charge on any atom is 0.310 e.